The number of hydrazone groups is 1. The Morgan fingerprint density at radius 1 is 1.29 bits per heavy atom. The Bertz CT molecular complexity index is 576. The SMILES string of the molecule is C/C(CC(=O)NCc1ccc(F)cc1)=N\NC(=O)CC#N. The van der Waals surface area contributed by atoms with Gasteiger partial charge >= 0.3 is 0 Å². The van der Waals surface area contributed by atoms with Crippen LogP contribution in [0.15, 0.2) is 29.4 Å². The van der Waals surface area contributed by atoms with Crippen LogP contribution in [0.3, 0.4) is 0 Å². The highest BCUT2D eigenvalue weighted by molar-refractivity contribution is 6.00. The van der Waals surface area contributed by atoms with Crippen LogP contribution in [0.2, 0.25) is 0 Å². The van der Waals surface area contributed by atoms with Gasteiger partial charge in [-0.05, 0) is 24.6 Å². The molecule has 0 spiro atoms. The minimum atomic E-state index is -0.524. The zero-order valence-corrected chi connectivity index (χ0v) is 11.5. The van der Waals surface area contributed by atoms with E-state index in [1.54, 1.807) is 25.1 Å². The third-order valence-electron chi connectivity index (χ3n) is 2.43. The molecule has 2 amide bonds. The number of halogens is 1. The van der Waals surface area contributed by atoms with Crippen molar-refractivity contribution >= 4 is 17.5 Å². The molecule has 21 heavy (non-hydrogen) atoms. The van der Waals surface area contributed by atoms with E-state index in [4.69, 9.17) is 5.26 Å². The number of carbonyl (C=O) groups is 2. The van der Waals surface area contributed by atoms with Gasteiger partial charge in [0.15, 0.2) is 0 Å². The van der Waals surface area contributed by atoms with Gasteiger partial charge in [-0.15, -0.1) is 0 Å². The van der Waals surface area contributed by atoms with Crippen molar-refractivity contribution in [1.82, 2.24) is 10.7 Å². The molecule has 0 aromatic heterocycles. The fraction of sp³-hybridized carbons (Fsp3) is 0.286. The van der Waals surface area contributed by atoms with Crippen LogP contribution in [-0.4, -0.2) is 17.5 Å². The Morgan fingerprint density at radius 2 is 1.95 bits per heavy atom. The molecule has 0 unspecified atom stereocenters. The van der Waals surface area contributed by atoms with E-state index < -0.39 is 5.91 Å². The molecule has 0 aliphatic carbocycles. The first-order valence-corrected chi connectivity index (χ1v) is 6.21. The van der Waals surface area contributed by atoms with Crippen LogP contribution >= 0.6 is 0 Å². The Hall–Kier alpha value is -2.75. The second kappa shape index (κ2) is 8.43. The number of hydrogen-bond donors (Lipinski definition) is 2. The topological polar surface area (TPSA) is 94.3 Å². The van der Waals surface area contributed by atoms with Gasteiger partial charge in [-0.1, -0.05) is 12.1 Å². The molecule has 1 aromatic carbocycles. The fourth-order valence-electron chi connectivity index (χ4n) is 1.41. The largest absolute Gasteiger partial charge is 0.352 e. The molecule has 0 saturated heterocycles. The summed E-state index contributed by atoms with van der Waals surface area (Å²) in [5.74, 6) is -1.13. The second-order valence-electron chi connectivity index (χ2n) is 4.30. The zero-order chi connectivity index (χ0) is 15.7. The summed E-state index contributed by atoms with van der Waals surface area (Å²) in [6.07, 6.45) is -0.262. The van der Waals surface area contributed by atoms with E-state index >= 15 is 0 Å². The number of nitriles is 1. The second-order valence-corrected chi connectivity index (χ2v) is 4.30. The molecule has 0 heterocycles. The van der Waals surface area contributed by atoms with Crippen LogP contribution in [0.25, 0.3) is 0 Å². The summed E-state index contributed by atoms with van der Waals surface area (Å²) in [5, 5.41) is 14.7. The lowest BCUT2D eigenvalue weighted by molar-refractivity contribution is -0.121. The normalized spacial score (nSPS) is 10.6. The molecular formula is C14H15FN4O2. The number of nitrogens with one attached hydrogen (secondary N) is 2. The highest BCUT2D eigenvalue weighted by Gasteiger charge is 2.05. The summed E-state index contributed by atoms with van der Waals surface area (Å²) in [4.78, 5) is 22.6. The van der Waals surface area contributed by atoms with Gasteiger partial charge in [0.2, 0.25) is 5.91 Å². The third-order valence-corrected chi connectivity index (χ3v) is 2.43. The van der Waals surface area contributed by atoms with Gasteiger partial charge in [0.05, 0.1) is 12.5 Å². The molecular weight excluding hydrogens is 275 g/mol. The Kier molecular flexibility index (Phi) is 6.54. The van der Waals surface area contributed by atoms with Crippen molar-refractivity contribution in [1.29, 1.82) is 5.26 Å². The van der Waals surface area contributed by atoms with Gasteiger partial charge in [-0.25, -0.2) is 9.82 Å². The van der Waals surface area contributed by atoms with E-state index in [0.717, 1.165) is 5.56 Å². The molecule has 0 fully saturated rings. The van der Waals surface area contributed by atoms with Gasteiger partial charge in [0.25, 0.3) is 5.91 Å². The summed E-state index contributed by atoms with van der Waals surface area (Å²) in [6, 6.07) is 7.49. The molecule has 0 radical (unpaired) electrons. The minimum Gasteiger partial charge on any atom is -0.352 e. The smallest absolute Gasteiger partial charge is 0.254 e. The van der Waals surface area contributed by atoms with Crippen LogP contribution < -0.4 is 10.7 Å². The number of benzene rings is 1. The number of carbonyl (C=O) groups excluding carboxylic acids is 2. The van der Waals surface area contributed by atoms with Gasteiger partial charge in [0.1, 0.15) is 12.2 Å². The number of rotatable bonds is 6. The molecule has 6 nitrogen and oxygen atoms in total. The van der Waals surface area contributed by atoms with Crippen molar-refractivity contribution in [3.05, 3.63) is 35.6 Å². The van der Waals surface area contributed by atoms with Gasteiger partial charge in [-0.2, -0.15) is 10.4 Å². The summed E-state index contributed by atoms with van der Waals surface area (Å²) < 4.78 is 12.7. The first-order chi connectivity index (χ1) is 10.0. The highest BCUT2D eigenvalue weighted by atomic mass is 19.1. The van der Waals surface area contributed by atoms with Gasteiger partial charge < -0.3 is 5.32 Å². The Morgan fingerprint density at radius 3 is 2.57 bits per heavy atom. The number of amides is 2. The first-order valence-electron chi connectivity index (χ1n) is 6.21. The van der Waals surface area contributed by atoms with E-state index in [9.17, 15) is 14.0 Å². The third kappa shape index (κ3) is 6.82. The maximum atomic E-state index is 12.7. The van der Waals surface area contributed by atoms with E-state index in [2.05, 4.69) is 15.8 Å². The van der Waals surface area contributed by atoms with Crippen LogP contribution in [0, 0.1) is 17.1 Å². The van der Waals surface area contributed by atoms with Crippen molar-refractivity contribution in [2.24, 2.45) is 5.10 Å². The molecule has 1 aromatic rings. The molecule has 0 bridgehead atoms. The molecule has 7 heteroatoms. The molecule has 0 saturated carbocycles. The van der Waals surface area contributed by atoms with Crippen LogP contribution in [0.1, 0.15) is 25.3 Å². The molecule has 2 N–H and O–H groups in total. The lowest BCUT2D eigenvalue weighted by atomic mass is 10.2. The molecule has 110 valence electrons. The van der Waals surface area contributed by atoms with Crippen molar-refractivity contribution in [3.8, 4) is 6.07 Å². The van der Waals surface area contributed by atoms with E-state index in [1.165, 1.54) is 12.1 Å². The van der Waals surface area contributed by atoms with E-state index in [0.29, 0.717) is 5.71 Å². The van der Waals surface area contributed by atoms with Gasteiger partial charge in [0, 0.05) is 12.3 Å². The van der Waals surface area contributed by atoms with Crippen molar-refractivity contribution in [2.75, 3.05) is 0 Å². The summed E-state index contributed by atoms with van der Waals surface area (Å²) in [7, 11) is 0. The summed E-state index contributed by atoms with van der Waals surface area (Å²) >= 11 is 0. The quantitative estimate of drug-likeness (QED) is 0.609. The van der Waals surface area contributed by atoms with Crippen molar-refractivity contribution in [3.63, 3.8) is 0 Å². The maximum Gasteiger partial charge on any atom is 0.254 e. The van der Waals surface area contributed by atoms with E-state index in [-0.39, 0.29) is 31.1 Å². The average molecular weight is 290 g/mol. The number of hydrogen-bond acceptors (Lipinski definition) is 4. The number of nitrogens with zero attached hydrogens (tertiary/aromatic N) is 2. The first kappa shape index (κ1) is 16.3. The zero-order valence-electron chi connectivity index (χ0n) is 11.5. The monoisotopic (exact) mass is 290 g/mol. The lowest BCUT2D eigenvalue weighted by Crippen LogP contribution is -2.26. The standard InChI is InChI=1S/C14H15FN4O2/c1-10(18-19-13(20)6-7-16)8-14(21)17-9-11-2-4-12(15)5-3-11/h2-5H,6,8-9H2,1H3,(H,17,21)(H,19,20)/b18-10+. The van der Waals surface area contributed by atoms with Crippen LogP contribution in [0.5, 0.6) is 0 Å². The molecule has 0 atom stereocenters. The Labute approximate surface area is 121 Å². The fourth-order valence-corrected chi connectivity index (χ4v) is 1.41. The lowest BCUT2D eigenvalue weighted by Gasteiger charge is -2.05. The predicted octanol–water partition coefficient (Wildman–Crippen LogP) is 1.24. The highest BCUT2D eigenvalue weighted by Crippen LogP contribution is 2.02. The summed E-state index contributed by atoms with van der Waals surface area (Å²) in [5.41, 5.74) is 3.37. The minimum absolute atomic E-state index is 0.0219. The Balaban J connectivity index is 2.36. The van der Waals surface area contributed by atoms with E-state index in [1.807, 2.05) is 0 Å². The molecule has 1 rings (SSSR count). The predicted molar refractivity (Wildman–Crippen MR) is 74.3 cm³/mol. The van der Waals surface area contributed by atoms with Crippen LogP contribution in [-0.2, 0) is 16.1 Å². The van der Waals surface area contributed by atoms with Gasteiger partial charge in [-0.3, -0.25) is 9.59 Å². The van der Waals surface area contributed by atoms with Crippen molar-refractivity contribution in [2.45, 2.75) is 26.3 Å². The summed E-state index contributed by atoms with van der Waals surface area (Å²) in [6.45, 7) is 1.87. The maximum absolute atomic E-state index is 12.7. The average Bonchev–Trinajstić information content (AvgIpc) is 2.45. The molecule has 0 aliphatic rings. The van der Waals surface area contributed by atoms with Crippen LogP contribution in [0.4, 0.5) is 4.39 Å². The van der Waals surface area contributed by atoms with Crippen molar-refractivity contribution < 1.29 is 14.0 Å². The molecule has 0 aliphatic heterocycles.